The van der Waals surface area contributed by atoms with Gasteiger partial charge in [0.2, 0.25) is 0 Å². The van der Waals surface area contributed by atoms with Crippen LogP contribution in [0.4, 0.5) is 5.82 Å². The lowest BCUT2D eigenvalue weighted by Gasteiger charge is -2.01. The van der Waals surface area contributed by atoms with Gasteiger partial charge in [0.05, 0.1) is 5.69 Å². The molecular formula is C11H10IN3. The van der Waals surface area contributed by atoms with Gasteiger partial charge in [-0.1, -0.05) is 12.1 Å². The van der Waals surface area contributed by atoms with Crippen molar-refractivity contribution in [2.75, 3.05) is 12.4 Å². The Balaban J connectivity index is 2.33. The number of hydrogen-bond donors (Lipinski definition) is 1. The second-order valence-corrected chi connectivity index (χ2v) is 4.31. The smallest absolute Gasteiger partial charge is 0.148 e. The third-order valence-electron chi connectivity index (χ3n) is 2.06. The summed E-state index contributed by atoms with van der Waals surface area (Å²) in [5, 5.41) is 11.1. The van der Waals surface area contributed by atoms with E-state index in [9.17, 15) is 0 Å². The quantitative estimate of drug-likeness (QED) is 0.867. The van der Waals surface area contributed by atoms with Gasteiger partial charge in [-0.3, -0.25) is 0 Å². The summed E-state index contributed by atoms with van der Waals surface area (Å²) >= 11 is 2.28. The molecule has 0 saturated carbocycles. The topological polar surface area (TPSA) is 37.8 Å². The fourth-order valence-electron chi connectivity index (χ4n) is 1.24. The second-order valence-electron chi connectivity index (χ2n) is 3.06. The minimum Gasteiger partial charge on any atom is -0.372 e. The summed E-state index contributed by atoms with van der Waals surface area (Å²) in [5.74, 6) is 0.782. The number of nitrogens with zero attached hydrogens (tertiary/aromatic N) is 2. The lowest BCUT2D eigenvalue weighted by molar-refractivity contribution is 1.04. The standard InChI is InChI=1S/C11H10IN3/c1-13-11-7-6-10(14-15-11)8-2-4-9(12)5-3-8/h2-7H,1H3,(H,13,15). The van der Waals surface area contributed by atoms with E-state index in [1.807, 2.05) is 31.3 Å². The maximum Gasteiger partial charge on any atom is 0.148 e. The van der Waals surface area contributed by atoms with Gasteiger partial charge in [0.1, 0.15) is 5.82 Å². The largest absolute Gasteiger partial charge is 0.372 e. The minimum absolute atomic E-state index is 0.782. The Bertz CT molecular complexity index is 436. The van der Waals surface area contributed by atoms with E-state index in [1.165, 1.54) is 3.57 Å². The van der Waals surface area contributed by atoms with Crippen LogP contribution < -0.4 is 5.32 Å². The lowest BCUT2D eigenvalue weighted by Crippen LogP contribution is -1.95. The average molecular weight is 311 g/mol. The average Bonchev–Trinajstić information content (AvgIpc) is 2.30. The van der Waals surface area contributed by atoms with E-state index in [4.69, 9.17) is 0 Å². The summed E-state index contributed by atoms with van der Waals surface area (Å²) in [6.07, 6.45) is 0. The van der Waals surface area contributed by atoms with E-state index in [0.717, 1.165) is 17.1 Å². The maximum absolute atomic E-state index is 4.13. The summed E-state index contributed by atoms with van der Waals surface area (Å²) in [5.41, 5.74) is 1.98. The van der Waals surface area contributed by atoms with Gasteiger partial charge in [0, 0.05) is 16.2 Å². The zero-order chi connectivity index (χ0) is 10.7. The first-order valence-electron chi connectivity index (χ1n) is 4.57. The van der Waals surface area contributed by atoms with Gasteiger partial charge >= 0.3 is 0 Å². The van der Waals surface area contributed by atoms with Crippen LogP contribution in [0, 0.1) is 3.57 Å². The summed E-state index contributed by atoms with van der Waals surface area (Å²) in [4.78, 5) is 0. The molecule has 4 heteroatoms. The molecule has 15 heavy (non-hydrogen) atoms. The molecule has 0 spiro atoms. The van der Waals surface area contributed by atoms with Gasteiger partial charge < -0.3 is 5.32 Å². The molecule has 0 aliphatic carbocycles. The highest BCUT2D eigenvalue weighted by Crippen LogP contribution is 2.18. The highest BCUT2D eigenvalue weighted by Gasteiger charge is 1.99. The van der Waals surface area contributed by atoms with Gasteiger partial charge in [0.25, 0.3) is 0 Å². The second kappa shape index (κ2) is 4.57. The van der Waals surface area contributed by atoms with Gasteiger partial charge in [-0.05, 0) is 46.9 Å². The molecule has 0 radical (unpaired) electrons. The molecule has 2 aromatic rings. The molecule has 0 saturated heterocycles. The van der Waals surface area contributed by atoms with Gasteiger partial charge in [0.15, 0.2) is 0 Å². The van der Waals surface area contributed by atoms with Crippen molar-refractivity contribution in [1.82, 2.24) is 10.2 Å². The van der Waals surface area contributed by atoms with Gasteiger partial charge in [-0.2, -0.15) is 0 Å². The molecule has 0 aliphatic heterocycles. The number of halogens is 1. The third-order valence-corrected chi connectivity index (χ3v) is 2.78. The van der Waals surface area contributed by atoms with Crippen LogP contribution in [0.2, 0.25) is 0 Å². The normalized spacial score (nSPS) is 10.0. The van der Waals surface area contributed by atoms with Crippen molar-refractivity contribution in [3.8, 4) is 11.3 Å². The molecule has 1 N–H and O–H groups in total. The van der Waals surface area contributed by atoms with Crippen LogP contribution in [0.5, 0.6) is 0 Å². The molecule has 1 heterocycles. The number of rotatable bonds is 2. The van der Waals surface area contributed by atoms with Crippen molar-refractivity contribution in [3.05, 3.63) is 40.0 Å². The van der Waals surface area contributed by atoms with E-state index in [1.54, 1.807) is 0 Å². The molecule has 0 unspecified atom stereocenters. The van der Waals surface area contributed by atoms with Gasteiger partial charge in [-0.25, -0.2) is 0 Å². The highest BCUT2D eigenvalue weighted by molar-refractivity contribution is 14.1. The van der Waals surface area contributed by atoms with Crippen LogP contribution in [-0.4, -0.2) is 17.2 Å². The van der Waals surface area contributed by atoms with Crippen LogP contribution in [0.1, 0.15) is 0 Å². The third kappa shape index (κ3) is 2.44. The summed E-state index contributed by atoms with van der Waals surface area (Å²) < 4.78 is 1.22. The minimum atomic E-state index is 0.782. The Morgan fingerprint density at radius 2 is 1.73 bits per heavy atom. The number of hydrogen-bond acceptors (Lipinski definition) is 3. The van der Waals surface area contributed by atoms with Crippen molar-refractivity contribution in [2.24, 2.45) is 0 Å². The molecule has 0 bridgehead atoms. The molecule has 1 aromatic carbocycles. The molecule has 0 fully saturated rings. The Kier molecular flexibility index (Phi) is 3.15. The Labute approximate surface area is 102 Å². The molecule has 3 nitrogen and oxygen atoms in total. The molecule has 76 valence electrons. The molecule has 1 aromatic heterocycles. The first kappa shape index (κ1) is 10.4. The zero-order valence-electron chi connectivity index (χ0n) is 8.24. The van der Waals surface area contributed by atoms with Crippen LogP contribution in [-0.2, 0) is 0 Å². The van der Waals surface area contributed by atoms with Crippen LogP contribution in [0.25, 0.3) is 11.3 Å². The number of aromatic nitrogens is 2. The van der Waals surface area contributed by atoms with E-state index in [0.29, 0.717) is 0 Å². The van der Waals surface area contributed by atoms with E-state index < -0.39 is 0 Å². The van der Waals surface area contributed by atoms with Crippen molar-refractivity contribution < 1.29 is 0 Å². The number of nitrogens with one attached hydrogen (secondary N) is 1. The predicted octanol–water partition coefficient (Wildman–Crippen LogP) is 2.79. The van der Waals surface area contributed by atoms with Gasteiger partial charge in [-0.15, -0.1) is 10.2 Å². The fraction of sp³-hybridized carbons (Fsp3) is 0.0909. The van der Waals surface area contributed by atoms with Crippen molar-refractivity contribution in [2.45, 2.75) is 0 Å². The Morgan fingerprint density at radius 3 is 2.27 bits per heavy atom. The Morgan fingerprint density at radius 1 is 1.00 bits per heavy atom. The lowest BCUT2D eigenvalue weighted by atomic mass is 10.1. The first-order valence-corrected chi connectivity index (χ1v) is 5.65. The number of benzene rings is 1. The molecule has 0 atom stereocenters. The number of anilines is 1. The maximum atomic E-state index is 4.13. The fourth-order valence-corrected chi connectivity index (χ4v) is 1.60. The van der Waals surface area contributed by atoms with E-state index in [2.05, 4.69) is 50.2 Å². The van der Waals surface area contributed by atoms with Crippen molar-refractivity contribution in [1.29, 1.82) is 0 Å². The Hall–Kier alpha value is -1.17. The SMILES string of the molecule is CNc1ccc(-c2ccc(I)cc2)nn1. The highest BCUT2D eigenvalue weighted by atomic mass is 127. The van der Waals surface area contributed by atoms with Crippen molar-refractivity contribution >= 4 is 28.4 Å². The van der Waals surface area contributed by atoms with E-state index in [-0.39, 0.29) is 0 Å². The van der Waals surface area contributed by atoms with Crippen LogP contribution in [0.15, 0.2) is 36.4 Å². The van der Waals surface area contributed by atoms with Crippen molar-refractivity contribution in [3.63, 3.8) is 0 Å². The monoisotopic (exact) mass is 311 g/mol. The van der Waals surface area contributed by atoms with E-state index >= 15 is 0 Å². The first-order chi connectivity index (χ1) is 7.29. The zero-order valence-corrected chi connectivity index (χ0v) is 10.4. The van der Waals surface area contributed by atoms with Crippen LogP contribution in [0.3, 0.4) is 0 Å². The molecule has 0 amide bonds. The van der Waals surface area contributed by atoms with Crippen LogP contribution >= 0.6 is 22.6 Å². The molecular weight excluding hydrogens is 301 g/mol. The predicted molar refractivity (Wildman–Crippen MR) is 69.7 cm³/mol. The summed E-state index contributed by atoms with van der Waals surface area (Å²) in [6, 6.07) is 12.1. The molecule has 0 aliphatic rings. The summed E-state index contributed by atoms with van der Waals surface area (Å²) in [6.45, 7) is 0. The molecule has 2 rings (SSSR count). The summed E-state index contributed by atoms with van der Waals surface area (Å²) in [7, 11) is 1.83.